The van der Waals surface area contributed by atoms with Crippen LogP contribution in [-0.2, 0) is 0 Å². The molecule has 0 unspecified atom stereocenters. The van der Waals surface area contributed by atoms with E-state index in [1.165, 1.54) is 0 Å². The van der Waals surface area contributed by atoms with Gasteiger partial charge in [-0.15, -0.1) is 0 Å². The van der Waals surface area contributed by atoms with Gasteiger partial charge >= 0.3 is 35.8 Å². The van der Waals surface area contributed by atoms with Crippen molar-refractivity contribution in [2.24, 2.45) is 0 Å². The zero-order valence-corrected chi connectivity index (χ0v) is 14.0. The molecular weight excluding hydrogens is 454 g/mol. The molecule has 0 aromatic rings. The maximum absolute atomic E-state index is 13.2. The normalized spacial score (nSPS) is 15.8. The topological polar surface area (TPSA) is 0 Å². The van der Waals surface area contributed by atoms with Gasteiger partial charge in [-0.25, -0.2) is 0 Å². The van der Waals surface area contributed by atoms with Crippen molar-refractivity contribution in [3.63, 3.8) is 0 Å². The van der Waals surface area contributed by atoms with Gasteiger partial charge in [0.2, 0.25) is 7.42 Å². The quantitative estimate of drug-likeness (QED) is 0.229. The van der Waals surface area contributed by atoms with Crippen molar-refractivity contribution >= 4 is 29.6 Å². The third kappa shape index (κ3) is 4.25. The van der Waals surface area contributed by atoms with Crippen LogP contribution in [0.15, 0.2) is 0 Å². The Morgan fingerprint density at radius 1 is 0.560 bits per heavy atom. The molecule has 0 saturated heterocycles. The first-order chi connectivity index (χ1) is 10.7. The minimum atomic E-state index is -7.86. The monoisotopic (exact) mass is 460 g/mol. The Hall–Kier alpha value is -0.113. The predicted octanol–water partition coefficient (Wildman–Crippen LogP) is 6.20. The summed E-state index contributed by atoms with van der Waals surface area (Å²) in [7, 11) is -2.68. The Bertz CT molecular complexity index is 459. The van der Waals surface area contributed by atoms with E-state index in [1.54, 1.807) is 0 Å². The largest absolute Gasteiger partial charge is 0.460 e. The fourth-order valence-corrected chi connectivity index (χ4v) is 2.88. The van der Waals surface area contributed by atoms with Crippen LogP contribution >= 0.6 is 22.2 Å². The van der Waals surface area contributed by atoms with Crippen molar-refractivity contribution in [3.05, 3.63) is 0 Å². The molecule has 0 bridgehead atoms. The average molecular weight is 461 g/mol. The molecule has 152 valence electrons. The second kappa shape index (κ2) is 7.13. The first-order valence-corrected chi connectivity index (χ1v) is 10.2. The van der Waals surface area contributed by atoms with Crippen molar-refractivity contribution in [2.75, 3.05) is 0 Å². The van der Waals surface area contributed by atoms with Gasteiger partial charge in [-0.3, -0.25) is 0 Å². The maximum Gasteiger partial charge on any atom is 0.460 e. The molecule has 0 radical (unpaired) electrons. The number of hydrogen-bond acceptors (Lipinski definition) is 0. The van der Waals surface area contributed by atoms with Gasteiger partial charge in [-0.05, 0) is 12.5 Å². The minimum absolute atomic E-state index is 0.560. The summed E-state index contributed by atoms with van der Waals surface area (Å²) in [6, 6.07) is -0.560. The zero-order valence-electron chi connectivity index (χ0n) is 11.4. The van der Waals surface area contributed by atoms with E-state index in [-0.39, 0.29) is 0 Å². The molecule has 0 nitrogen and oxygen atoms in total. The molecule has 0 heterocycles. The van der Waals surface area contributed by atoms with Crippen LogP contribution in [0.5, 0.6) is 0 Å². The first-order valence-electron chi connectivity index (χ1n) is 5.91. The summed E-state index contributed by atoms with van der Waals surface area (Å²) in [5.41, 5.74) is 0. The van der Waals surface area contributed by atoms with Gasteiger partial charge in [0.1, 0.15) is 0 Å². The molecule has 0 aliphatic heterocycles. The van der Waals surface area contributed by atoms with Crippen LogP contribution in [0.3, 0.4) is 0 Å². The summed E-state index contributed by atoms with van der Waals surface area (Å²) >= 11 is 10.3. The highest BCUT2D eigenvalue weighted by Crippen LogP contribution is 2.60. The molecule has 0 saturated carbocycles. The van der Waals surface area contributed by atoms with Gasteiger partial charge in [0.15, 0.2) is 0 Å². The Balaban J connectivity index is 5.86. The molecule has 0 amide bonds. The van der Waals surface area contributed by atoms with Gasteiger partial charge in [0.05, 0.1) is 0 Å². The number of alkyl halides is 13. The van der Waals surface area contributed by atoms with E-state index in [9.17, 15) is 57.1 Å². The van der Waals surface area contributed by atoms with Crippen molar-refractivity contribution < 1.29 is 57.1 Å². The van der Waals surface area contributed by atoms with E-state index in [1.807, 2.05) is 0 Å². The Morgan fingerprint density at radius 3 is 1.24 bits per heavy atom. The highest BCUT2D eigenvalue weighted by Gasteiger charge is 2.90. The molecule has 0 N–H and O–H groups in total. The van der Waals surface area contributed by atoms with E-state index in [0.29, 0.717) is 0 Å². The van der Waals surface area contributed by atoms with Gasteiger partial charge < -0.3 is 0 Å². The zero-order chi connectivity index (χ0) is 20.7. The summed E-state index contributed by atoms with van der Waals surface area (Å²) in [4.78, 5) is 0. The van der Waals surface area contributed by atoms with Crippen molar-refractivity contribution in [1.29, 1.82) is 0 Å². The van der Waals surface area contributed by atoms with Crippen molar-refractivity contribution in [3.8, 4) is 0 Å². The second-order valence-electron chi connectivity index (χ2n) is 4.78. The van der Waals surface area contributed by atoms with E-state index in [0.717, 1.165) is 0 Å². The van der Waals surface area contributed by atoms with Crippen LogP contribution in [0.2, 0.25) is 6.04 Å². The molecule has 0 aliphatic rings. The highest BCUT2D eigenvalue weighted by molar-refractivity contribution is 7.33. The summed E-state index contributed by atoms with van der Waals surface area (Å²) in [6.45, 7) is 0. The molecule has 0 atom stereocenters. The fourth-order valence-electron chi connectivity index (χ4n) is 1.44. The molecule has 0 rings (SSSR count). The van der Waals surface area contributed by atoms with E-state index < -0.39 is 62.1 Å². The lowest BCUT2D eigenvalue weighted by atomic mass is 9.92. The molecule has 0 aliphatic carbocycles. The predicted molar refractivity (Wildman–Crippen MR) is 63.7 cm³/mol. The third-order valence-corrected chi connectivity index (χ3v) is 5.07. The Kier molecular flexibility index (Phi) is 7.10. The SMILES string of the molecule is FC(F)(F)C(F)(F)C(F)(F)C(F)(F)C(F)(F)C(F)(F)CCC[SiH](Cl)Cl. The lowest BCUT2D eigenvalue weighted by Crippen LogP contribution is -2.70. The highest BCUT2D eigenvalue weighted by atomic mass is 35.7. The van der Waals surface area contributed by atoms with Crippen molar-refractivity contribution in [2.45, 2.75) is 54.7 Å². The smallest absolute Gasteiger partial charge is 0.200 e. The third-order valence-electron chi connectivity index (χ3n) is 2.91. The van der Waals surface area contributed by atoms with Gasteiger partial charge in [-0.1, -0.05) is 0 Å². The van der Waals surface area contributed by atoms with Crippen molar-refractivity contribution in [1.82, 2.24) is 0 Å². The molecular formula is C9H7Cl2F13Si. The van der Waals surface area contributed by atoms with Crippen LogP contribution in [0.25, 0.3) is 0 Å². The number of hydrogen-bond donors (Lipinski definition) is 0. The number of rotatable bonds is 8. The molecule has 0 fully saturated rings. The maximum atomic E-state index is 13.2. The standard InChI is InChI=1S/C9H7Cl2F13Si/c10-25(11)3-1-2-4(12,13)5(14,15)6(16,17)7(18,19)8(20,21)9(22,23)24/h25H,1-3H2. The van der Waals surface area contributed by atoms with Crippen LogP contribution in [0.4, 0.5) is 57.1 Å². The Labute approximate surface area is 142 Å². The summed E-state index contributed by atoms with van der Waals surface area (Å²) < 4.78 is 165. The van der Waals surface area contributed by atoms with Crippen LogP contribution in [-0.4, -0.2) is 43.2 Å². The fraction of sp³-hybridized carbons (Fsp3) is 1.00. The second-order valence-corrected chi connectivity index (χ2v) is 9.97. The lowest BCUT2D eigenvalue weighted by Gasteiger charge is -2.39. The summed E-state index contributed by atoms with van der Waals surface area (Å²) in [5.74, 6) is -36.6. The van der Waals surface area contributed by atoms with Gasteiger partial charge in [0.25, 0.3) is 0 Å². The first kappa shape index (κ1) is 24.9. The summed E-state index contributed by atoms with van der Waals surface area (Å²) in [6.07, 6.45) is -10.7. The molecule has 0 spiro atoms. The van der Waals surface area contributed by atoms with Gasteiger partial charge in [-0.2, -0.15) is 79.2 Å². The van der Waals surface area contributed by atoms with Gasteiger partial charge in [0, 0.05) is 6.42 Å². The molecule has 25 heavy (non-hydrogen) atoms. The van der Waals surface area contributed by atoms with Crippen LogP contribution in [0, 0.1) is 0 Å². The van der Waals surface area contributed by atoms with Crippen LogP contribution in [0.1, 0.15) is 12.8 Å². The van der Waals surface area contributed by atoms with E-state index in [4.69, 9.17) is 22.2 Å². The molecule has 16 heteroatoms. The average Bonchev–Trinajstić information content (AvgIpc) is 2.35. The van der Waals surface area contributed by atoms with E-state index >= 15 is 0 Å². The lowest BCUT2D eigenvalue weighted by molar-refractivity contribution is -0.440. The molecule has 0 aromatic carbocycles. The summed E-state index contributed by atoms with van der Waals surface area (Å²) in [5, 5.41) is 0. The number of halogens is 15. The minimum Gasteiger partial charge on any atom is -0.200 e. The Morgan fingerprint density at radius 2 is 0.920 bits per heavy atom. The van der Waals surface area contributed by atoms with Crippen LogP contribution < -0.4 is 0 Å². The van der Waals surface area contributed by atoms with E-state index in [2.05, 4.69) is 0 Å². The molecule has 0 aromatic heterocycles.